The third-order valence-corrected chi connectivity index (χ3v) is 4.39. The van der Waals surface area contributed by atoms with Crippen molar-refractivity contribution in [3.63, 3.8) is 0 Å². The molecule has 0 saturated heterocycles. The zero-order valence-corrected chi connectivity index (χ0v) is 16.2. The van der Waals surface area contributed by atoms with E-state index < -0.39 is 0 Å². The molecule has 1 amide bonds. The maximum absolute atomic E-state index is 12.3. The zero-order chi connectivity index (χ0) is 19.8. The summed E-state index contributed by atoms with van der Waals surface area (Å²) >= 11 is 12.1. The van der Waals surface area contributed by atoms with Crippen LogP contribution in [0.4, 0.5) is 5.69 Å². The minimum absolute atomic E-state index is 0.345. The minimum atomic E-state index is -0.345. The molecule has 0 saturated carbocycles. The highest BCUT2D eigenvalue weighted by Crippen LogP contribution is 2.14. The average molecular weight is 411 g/mol. The number of carbonyl (C=O) groups is 1. The van der Waals surface area contributed by atoms with Crippen molar-refractivity contribution in [2.24, 2.45) is 10.2 Å². The van der Waals surface area contributed by atoms with Gasteiger partial charge in [-0.1, -0.05) is 65.7 Å². The molecule has 3 rings (SSSR count). The number of carbonyl (C=O) groups excluding carboxylic acids is 1. The number of nitrogens with zero attached hydrogens (tertiary/aromatic N) is 2. The van der Waals surface area contributed by atoms with Crippen molar-refractivity contribution in [3.8, 4) is 0 Å². The number of hydrogen-bond donors (Lipinski definition) is 2. The fraction of sp³-hybridized carbons (Fsp3) is 0. The van der Waals surface area contributed by atoms with E-state index >= 15 is 0 Å². The molecule has 0 heterocycles. The van der Waals surface area contributed by atoms with Crippen LogP contribution < -0.4 is 10.9 Å². The van der Waals surface area contributed by atoms with E-state index in [0.29, 0.717) is 26.9 Å². The van der Waals surface area contributed by atoms with Crippen molar-refractivity contribution in [2.75, 3.05) is 5.43 Å². The number of rotatable bonds is 6. The van der Waals surface area contributed by atoms with Gasteiger partial charge in [-0.05, 0) is 30.3 Å². The second-order valence-corrected chi connectivity index (χ2v) is 6.51. The first-order chi connectivity index (χ1) is 13.6. The molecular formula is C21H16Cl2N4O. The van der Waals surface area contributed by atoms with Crippen molar-refractivity contribution in [2.45, 2.75) is 0 Å². The second-order valence-electron chi connectivity index (χ2n) is 5.69. The van der Waals surface area contributed by atoms with E-state index in [4.69, 9.17) is 23.2 Å². The van der Waals surface area contributed by atoms with Gasteiger partial charge in [0.2, 0.25) is 0 Å². The second kappa shape index (κ2) is 9.69. The van der Waals surface area contributed by atoms with Gasteiger partial charge in [0.25, 0.3) is 5.91 Å². The summed E-state index contributed by atoms with van der Waals surface area (Å²) in [6.07, 6.45) is 3.11. The molecule has 0 aliphatic rings. The van der Waals surface area contributed by atoms with Gasteiger partial charge in [0, 0.05) is 26.7 Å². The summed E-state index contributed by atoms with van der Waals surface area (Å²) in [5, 5.41) is 9.26. The Bertz CT molecular complexity index is 1030. The highest BCUT2D eigenvalue weighted by atomic mass is 35.5. The van der Waals surface area contributed by atoms with Crippen LogP contribution in [-0.4, -0.2) is 18.3 Å². The average Bonchev–Trinajstić information content (AvgIpc) is 2.71. The van der Waals surface area contributed by atoms with Crippen LogP contribution in [0.15, 0.2) is 83.0 Å². The van der Waals surface area contributed by atoms with Crippen LogP contribution in [0.5, 0.6) is 0 Å². The Morgan fingerprint density at radius 2 is 1.39 bits per heavy atom. The maximum Gasteiger partial charge on any atom is 0.271 e. The molecule has 0 radical (unpaired) electrons. The van der Waals surface area contributed by atoms with Crippen LogP contribution in [0, 0.1) is 0 Å². The lowest BCUT2D eigenvalue weighted by Crippen LogP contribution is -2.17. The van der Waals surface area contributed by atoms with Gasteiger partial charge in [-0.25, -0.2) is 5.43 Å². The highest BCUT2D eigenvalue weighted by Gasteiger charge is 2.05. The van der Waals surface area contributed by atoms with Crippen molar-refractivity contribution in [1.82, 2.24) is 5.43 Å². The van der Waals surface area contributed by atoms with Crippen LogP contribution in [0.3, 0.4) is 0 Å². The quantitative estimate of drug-likeness (QED) is 0.432. The van der Waals surface area contributed by atoms with Crippen LogP contribution in [0.25, 0.3) is 0 Å². The summed E-state index contributed by atoms with van der Waals surface area (Å²) in [7, 11) is 0. The maximum atomic E-state index is 12.3. The van der Waals surface area contributed by atoms with Crippen LogP contribution >= 0.6 is 23.2 Å². The molecule has 3 aromatic carbocycles. The predicted molar refractivity (Wildman–Crippen MR) is 116 cm³/mol. The highest BCUT2D eigenvalue weighted by molar-refractivity contribution is 6.33. The molecule has 7 heteroatoms. The summed E-state index contributed by atoms with van der Waals surface area (Å²) in [6, 6.07) is 21.5. The van der Waals surface area contributed by atoms with Crippen LogP contribution in [0.2, 0.25) is 10.0 Å². The standard InChI is InChI=1S/C21H16Cl2N4O/c22-19-10-3-1-6-16(19)13-24-26-18-9-5-8-15(12-18)21(28)27-25-14-17-7-2-4-11-20(17)23/h1-14,26H,(H,27,28)/b24-13-,25-14-. The number of hydrazone groups is 2. The SMILES string of the molecule is O=C(N/N=C\c1ccccc1Cl)c1cccc(N/N=C\c2ccccc2Cl)c1. The van der Waals surface area contributed by atoms with E-state index in [-0.39, 0.29) is 5.91 Å². The lowest BCUT2D eigenvalue weighted by molar-refractivity contribution is 0.0955. The van der Waals surface area contributed by atoms with Crippen molar-refractivity contribution in [3.05, 3.63) is 99.5 Å². The molecule has 0 aliphatic carbocycles. The van der Waals surface area contributed by atoms with Gasteiger partial charge in [0.15, 0.2) is 0 Å². The Kier molecular flexibility index (Phi) is 6.78. The van der Waals surface area contributed by atoms with E-state index in [0.717, 1.165) is 5.56 Å². The number of benzene rings is 3. The van der Waals surface area contributed by atoms with Gasteiger partial charge in [-0.15, -0.1) is 0 Å². The summed E-state index contributed by atoms with van der Waals surface area (Å²) in [6.45, 7) is 0. The number of halogens is 2. The molecule has 0 aliphatic heterocycles. The molecule has 2 N–H and O–H groups in total. The Balaban J connectivity index is 1.61. The van der Waals surface area contributed by atoms with Crippen LogP contribution in [0.1, 0.15) is 21.5 Å². The Labute approximate surface area is 172 Å². The minimum Gasteiger partial charge on any atom is -0.278 e. The first kappa shape index (κ1) is 19.6. The number of anilines is 1. The monoisotopic (exact) mass is 410 g/mol. The summed E-state index contributed by atoms with van der Waals surface area (Å²) in [5.41, 5.74) is 7.96. The van der Waals surface area contributed by atoms with Gasteiger partial charge in [-0.2, -0.15) is 10.2 Å². The van der Waals surface area contributed by atoms with Crippen molar-refractivity contribution >= 4 is 47.2 Å². The normalized spacial score (nSPS) is 11.1. The molecule has 0 aromatic heterocycles. The Morgan fingerprint density at radius 1 is 0.786 bits per heavy atom. The summed E-state index contributed by atoms with van der Waals surface area (Å²) < 4.78 is 0. The van der Waals surface area contributed by atoms with Gasteiger partial charge in [0.05, 0.1) is 18.1 Å². The van der Waals surface area contributed by atoms with Gasteiger partial charge >= 0.3 is 0 Å². The first-order valence-corrected chi connectivity index (χ1v) is 9.11. The van der Waals surface area contributed by atoms with Crippen molar-refractivity contribution in [1.29, 1.82) is 0 Å². The topological polar surface area (TPSA) is 65.8 Å². The largest absolute Gasteiger partial charge is 0.278 e. The molecule has 5 nitrogen and oxygen atoms in total. The fourth-order valence-electron chi connectivity index (χ4n) is 2.29. The smallest absolute Gasteiger partial charge is 0.271 e. The molecule has 3 aromatic rings. The lowest BCUT2D eigenvalue weighted by Gasteiger charge is -2.04. The summed E-state index contributed by atoms with van der Waals surface area (Å²) in [4.78, 5) is 12.3. The molecule has 28 heavy (non-hydrogen) atoms. The third-order valence-electron chi connectivity index (χ3n) is 3.70. The van der Waals surface area contributed by atoms with E-state index in [1.54, 1.807) is 48.7 Å². The first-order valence-electron chi connectivity index (χ1n) is 8.35. The Morgan fingerprint density at radius 3 is 2.04 bits per heavy atom. The van der Waals surface area contributed by atoms with Crippen LogP contribution in [-0.2, 0) is 0 Å². The van der Waals surface area contributed by atoms with E-state index in [1.807, 2.05) is 30.3 Å². The van der Waals surface area contributed by atoms with Crippen molar-refractivity contribution < 1.29 is 4.79 Å². The third kappa shape index (κ3) is 5.42. The molecule has 0 fully saturated rings. The molecule has 0 spiro atoms. The van der Waals surface area contributed by atoms with Gasteiger partial charge in [-0.3, -0.25) is 10.2 Å². The molecule has 0 unspecified atom stereocenters. The van der Waals surface area contributed by atoms with E-state index in [9.17, 15) is 4.79 Å². The lowest BCUT2D eigenvalue weighted by atomic mass is 10.2. The van der Waals surface area contributed by atoms with Gasteiger partial charge in [0.1, 0.15) is 0 Å². The number of amides is 1. The fourth-order valence-corrected chi connectivity index (χ4v) is 2.66. The Hall–Kier alpha value is -3.15. The summed E-state index contributed by atoms with van der Waals surface area (Å²) in [5.74, 6) is -0.345. The van der Waals surface area contributed by atoms with E-state index in [2.05, 4.69) is 21.1 Å². The predicted octanol–water partition coefficient (Wildman–Crippen LogP) is 5.20. The molecule has 0 bridgehead atoms. The molecular weight excluding hydrogens is 395 g/mol. The number of hydrogen-bond acceptors (Lipinski definition) is 4. The molecule has 140 valence electrons. The van der Waals surface area contributed by atoms with Gasteiger partial charge < -0.3 is 0 Å². The number of nitrogens with one attached hydrogen (secondary N) is 2. The molecule has 0 atom stereocenters. The van der Waals surface area contributed by atoms with E-state index in [1.165, 1.54) is 6.21 Å². The zero-order valence-electron chi connectivity index (χ0n) is 14.6.